The third kappa shape index (κ3) is 2.08. The molecule has 0 N–H and O–H groups in total. The summed E-state index contributed by atoms with van der Waals surface area (Å²) in [7, 11) is 0. The van der Waals surface area contributed by atoms with Crippen molar-refractivity contribution in [3.8, 4) is 5.75 Å². The van der Waals surface area contributed by atoms with Crippen molar-refractivity contribution < 1.29 is 26.7 Å². The van der Waals surface area contributed by atoms with E-state index in [-0.39, 0.29) is 0 Å². The van der Waals surface area contributed by atoms with Crippen molar-refractivity contribution in [1.82, 2.24) is 0 Å². The summed E-state index contributed by atoms with van der Waals surface area (Å²) in [5, 5.41) is 0. The van der Waals surface area contributed by atoms with Gasteiger partial charge < -0.3 is 4.74 Å². The molecular formula is C11H9F5O. The van der Waals surface area contributed by atoms with Gasteiger partial charge in [0.05, 0.1) is 6.10 Å². The monoisotopic (exact) mass is 252 g/mol. The van der Waals surface area contributed by atoms with Crippen LogP contribution in [0.1, 0.15) is 25.7 Å². The van der Waals surface area contributed by atoms with Crippen molar-refractivity contribution in [3.63, 3.8) is 0 Å². The van der Waals surface area contributed by atoms with Crippen LogP contribution in [0.2, 0.25) is 0 Å². The molecule has 1 aliphatic carbocycles. The number of hydrogen-bond donors (Lipinski definition) is 0. The van der Waals surface area contributed by atoms with Crippen LogP contribution in [-0.4, -0.2) is 6.10 Å². The van der Waals surface area contributed by atoms with E-state index in [9.17, 15) is 22.0 Å². The molecule has 1 aliphatic rings. The van der Waals surface area contributed by atoms with Gasteiger partial charge in [0.1, 0.15) is 0 Å². The van der Waals surface area contributed by atoms with Gasteiger partial charge in [0.15, 0.2) is 5.75 Å². The van der Waals surface area contributed by atoms with E-state index in [1.165, 1.54) is 0 Å². The van der Waals surface area contributed by atoms with E-state index in [2.05, 4.69) is 0 Å². The molecule has 1 aromatic carbocycles. The largest absolute Gasteiger partial charge is 0.484 e. The van der Waals surface area contributed by atoms with E-state index in [4.69, 9.17) is 4.74 Å². The Kier molecular flexibility index (Phi) is 3.22. The molecule has 17 heavy (non-hydrogen) atoms. The molecule has 1 fully saturated rings. The molecule has 0 aliphatic heterocycles. The van der Waals surface area contributed by atoms with E-state index >= 15 is 0 Å². The second-order valence-corrected chi connectivity index (χ2v) is 3.92. The molecule has 1 aromatic rings. The SMILES string of the molecule is Fc1c(F)c(F)c(OC2CCCC2)c(F)c1F. The lowest BCUT2D eigenvalue weighted by Gasteiger charge is -2.15. The lowest BCUT2D eigenvalue weighted by Crippen LogP contribution is -2.15. The number of halogens is 5. The van der Waals surface area contributed by atoms with Crippen LogP contribution in [0.4, 0.5) is 22.0 Å². The van der Waals surface area contributed by atoms with E-state index < -0.39 is 40.9 Å². The highest BCUT2D eigenvalue weighted by atomic mass is 19.2. The first-order chi connectivity index (χ1) is 8.02. The summed E-state index contributed by atoms with van der Waals surface area (Å²) in [6.45, 7) is 0. The van der Waals surface area contributed by atoms with Gasteiger partial charge in [-0.1, -0.05) is 0 Å². The van der Waals surface area contributed by atoms with E-state index in [0.717, 1.165) is 12.8 Å². The molecule has 94 valence electrons. The van der Waals surface area contributed by atoms with Crippen molar-refractivity contribution in [2.24, 2.45) is 0 Å². The van der Waals surface area contributed by atoms with Gasteiger partial charge in [-0.25, -0.2) is 13.2 Å². The molecule has 0 heterocycles. The lowest BCUT2D eigenvalue weighted by molar-refractivity contribution is 0.182. The van der Waals surface area contributed by atoms with Gasteiger partial charge in [0.2, 0.25) is 29.1 Å². The Labute approximate surface area is 94.2 Å². The topological polar surface area (TPSA) is 9.23 Å². The third-order valence-electron chi connectivity index (χ3n) is 2.76. The molecule has 0 radical (unpaired) electrons. The molecule has 1 saturated carbocycles. The molecule has 0 saturated heterocycles. The minimum atomic E-state index is -2.17. The highest BCUT2D eigenvalue weighted by molar-refractivity contribution is 5.30. The summed E-state index contributed by atoms with van der Waals surface area (Å²) in [5.74, 6) is -11.1. The molecule has 0 bridgehead atoms. The zero-order valence-corrected chi connectivity index (χ0v) is 8.70. The number of rotatable bonds is 2. The van der Waals surface area contributed by atoms with Crippen LogP contribution in [0.25, 0.3) is 0 Å². The summed E-state index contributed by atoms with van der Waals surface area (Å²) < 4.78 is 69.7. The van der Waals surface area contributed by atoms with Gasteiger partial charge in [-0.05, 0) is 25.7 Å². The predicted molar refractivity (Wildman–Crippen MR) is 49.1 cm³/mol. The quantitative estimate of drug-likeness (QED) is 0.443. The smallest absolute Gasteiger partial charge is 0.207 e. The fraction of sp³-hybridized carbons (Fsp3) is 0.455. The first-order valence-electron chi connectivity index (χ1n) is 5.20. The van der Waals surface area contributed by atoms with Crippen LogP contribution in [0.3, 0.4) is 0 Å². The van der Waals surface area contributed by atoms with Crippen molar-refractivity contribution in [2.75, 3.05) is 0 Å². The number of ether oxygens (including phenoxy) is 1. The Hall–Kier alpha value is -1.33. The van der Waals surface area contributed by atoms with Crippen LogP contribution in [-0.2, 0) is 0 Å². The van der Waals surface area contributed by atoms with Gasteiger partial charge in [0.25, 0.3) is 0 Å². The van der Waals surface area contributed by atoms with Gasteiger partial charge in [-0.15, -0.1) is 0 Å². The fourth-order valence-electron chi connectivity index (χ4n) is 1.86. The number of hydrogen-bond acceptors (Lipinski definition) is 1. The Morgan fingerprint density at radius 2 is 1.12 bits per heavy atom. The van der Waals surface area contributed by atoms with Gasteiger partial charge in [0, 0.05) is 0 Å². The minimum absolute atomic E-state index is 0.483. The second-order valence-electron chi connectivity index (χ2n) is 3.92. The van der Waals surface area contributed by atoms with Crippen molar-refractivity contribution in [3.05, 3.63) is 29.1 Å². The Balaban J connectivity index is 2.38. The molecule has 1 nitrogen and oxygen atoms in total. The Bertz CT molecular complexity index is 411. The average Bonchev–Trinajstić information content (AvgIpc) is 2.82. The lowest BCUT2D eigenvalue weighted by atomic mass is 10.2. The highest BCUT2D eigenvalue weighted by Crippen LogP contribution is 2.32. The van der Waals surface area contributed by atoms with E-state index in [1.54, 1.807) is 0 Å². The second kappa shape index (κ2) is 4.50. The van der Waals surface area contributed by atoms with Crippen LogP contribution in [0.5, 0.6) is 5.75 Å². The summed E-state index contributed by atoms with van der Waals surface area (Å²) in [4.78, 5) is 0. The highest BCUT2D eigenvalue weighted by Gasteiger charge is 2.29. The summed E-state index contributed by atoms with van der Waals surface area (Å²) in [6, 6.07) is 0. The summed E-state index contributed by atoms with van der Waals surface area (Å²) in [6.07, 6.45) is 2.27. The van der Waals surface area contributed by atoms with Crippen LogP contribution < -0.4 is 4.74 Å². The van der Waals surface area contributed by atoms with Crippen LogP contribution >= 0.6 is 0 Å². The number of benzene rings is 1. The summed E-state index contributed by atoms with van der Waals surface area (Å²) >= 11 is 0. The molecule has 0 aromatic heterocycles. The maximum absolute atomic E-state index is 13.2. The molecule has 0 spiro atoms. The fourth-order valence-corrected chi connectivity index (χ4v) is 1.86. The van der Waals surface area contributed by atoms with Gasteiger partial charge in [-0.3, -0.25) is 0 Å². The zero-order chi connectivity index (χ0) is 12.6. The van der Waals surface area contributed by atoms with Gasteiger partial charge >= 0.3 is 0 Å². The minimum Gasteiger partial charge on any atom is -0.484 e. The van der Waals surface area contributed by atoms with Gasteiger partial charge in [-0.2, -0.15) is 8.78 Å². The van der Waals surface area contributed by atoms with E-state index in [0.29, 0.717) is 12.8 Å². The average molecular weight is 252 g/mol. The maximum Gasteiger partial charge on any atom is 0.207 e. The van der Waals surface area contributed by atoms with Crippen molar-refractivity contribution >= 4 is 0 Å². The first-order valence-corrected chi connectivity index (χ1v) is 5.20. The third-order valence-corrected chi connectivity index (χ3v) is 2.76. The van der Waals surface area contributed by atoms with Crippen molar-refractivity contribution in [1.29, 1.82) is 0 Å². The normalized spacial score (nSPS) is 16.5. The van der Waals surface area contributed by atoms with Crippen molar-refractivity contribution in [2.45, 2.75) is 31.8 Å². The van der Waals surface area contributed by atoms with E-state index in [1.807, 2.05) is 0 Å². The first kappa shape index (κ1) is 12.1. The molecule has 0 atom stereocenters. The Morgan fingerprint density at radius 3 is 1.59 bits per heavy atom. The van der Waals surface area contributed by atoms with Crippen LogP contribution in [0.15, 0.2) is 0 Å². The van der Waals surface area contributed by atoms with Crippen LogP contribution in [0, 0.1) is 29.1 Å². The predicted octanol–water partition coefficient (Wildman–Crippen LogP) is 3.70. The molecule has 0 amide bonds. The summed E-state index contributed by atoms with van der Waals surface area (Å²) in [5.41, 5.74) is 0. The maximum atomic E-state index is 13.2. The molecular weight excluding hydrogens is 243 g/mol. The zero-order valence-electron chi connectivity index (χ0n) is 8.70. The Morgan fingerprint density at radius 1 is 0.706 bits per heavy atom. The standard InChI is InChI=1S/C11H9F5O/c12-6-7(13)9(15)11(10(16)8(6)14)17-5-3-1-2-4-5/h5H,1-4H2. The molecule has 0 unspecified atom stereocenters. The molecule has 2 rings (SSSR count). The molecule has 6 heteroatoms.